The Kier molecular flexibility index (Phi) is 2.53. The van der Waals surface area contributed by atoms with Gasteiger partial charge >= 0.3 is 0 Å². The quantitative estimate of drug-likeness (QED) is 0.622. The highest BCUT2D eigenvalue weighted by Gasteiger charge is 1.99. The smallest absolute Gasteiger partial charge is 0.0223 e. The van der Waals surface area contributed by atoms with Gasteiger partial charge in [0, 0.05) is 18.1 Å². The summed E-state index contributed by atoms with van der Waals surface area (Å²) in [5.74, 6) is 0.712. The second-order valence-electron chi connectivity index (χ2n) is 3.19. The van der Waals surface area contributed by atoms with Crippen molar-refractivity contribution in [2.45, 2.75) is 20.3 Å². The number of hydrogen-bond acceptors (Lipinski definition) is 0. The first-order valence-electron chi connectivity index (χ1n) is 4.02. The lowest BCUT2D eigenvalue weighted by molar-refractivity contribution is 0.630. The fourth-order valence-electron chi connectivity index (χ4n) is 1.20. The van der Waals surface area contributed by atoms with Gasteiger partial charge in [-0.1, -0.05) is 20.4 Å². The zero-order valence-corrected chi connectivity index (χ0v) is 7.25. The van der Waals surface area contributed by atoms with Gasteiger partial charge in [0.2, 0.25) is 0 Å². The molecule has 1 heterocycles. The van der Waals surface area contributed by atoms with Crippen LogP contribution in [-0.2, 0) is 6.42 Å². The second-order valence-corrected chi connectivity index (χ2v) is 3.19. The summed E-state index contributed by atoms with van der Waals surface area (Å²) >= 11 is 0. The highest BCUT2D eigenvalue weighted by Crippen LogP contribution is 2.08. The average molecular weight is 149 g/mol. The molecule has 60 valence electrons. The number of nitrogens with zero attached hydrogens (tertiary/aromatic N) is 1. The molecule has 0 aliphatic heterocycles. The Hall–Kier alpha value is -0.980. The Morgan fingerprint density at radius 2 is 2.36 bits per heavy atom. The minimum Gasteiger partial charge on any atom is -0.328 e. The summed E-state index contributed by atoms with van der Waals surface area (Å²) in [6, 6.07) is 4.20. The molecule has 1 aromatic heterocycles. The van der Waals surface area contributed by atoms with E-state index < -0.39 is 0 Å². The molecule has 0 spiro atoms. The predicted molar refractivity (Wildman–Crippen MR) is 49.4 cm³/mol. The molecule has 0 aliphatic rings. The van der Waals surface area contributed by atoms with Crippen molar-refractivity contribution >= 4 is 6.20 Å². The first kappa shape index (κ1) is 8.12. The molecule has 0 aromatic carbocycles. The van der Waals surface area contributed by atoms with Gasteiger partial charge in [0.25, 0.3) is 0 Å². The first-order valence-corrected chi connectivity index (χ1v) is 4.02. The van der Waals surface area contributed by atoms with Crippen molar-refractivity contribution in [3.05, 3.63) is 30.6 Å². The lowest BCUT2D eigenvalue weighted by Crippen LogP contribution is -1.98. The summed E-state index contributed by atoms with van der Waals surface area (Å²) in [5.41, 5.74) is 1.34. The fraction of sp³-hybridized carbons (Fsp3) is 0.400. The molecule has 0 fully saturated rings. The molecular formula is C10H15N. The number of hydrogen-bond donors (Lipinski definition) is 0. The Morgan fingerprint density at radius 1 is 1.64 bits per heavy atom. The molecule has 11 heavy (non-hydrogen) atoms. The van der Waals surface area contributed by atoms with Gasteiger partial charge in [0.15, 0.2) is 0 Å². The lowest BCUT2D eigenvalue weighted by Gasteiger charge is -2.05. The Balaban J connectivity index is 2.76. The van der Waals surface area contributed by atoms with Crippen molar-refractivity contribution in [1.82, 2.24) is 4.57 Å². The van der Waals surface area contributed by atoms with E-state index in [1.807, 2.05) is 12.4 Å². The molecule has 1 nitrogen and oxygen atoms in total. The van der Waals surface area contributed by atoms with E-state index in [1.54, 1.807) is 0 Å². The van der Waals surface area contributed by atoms with Gasteiger partial charge in [-0.25, -0.2) is 0 Å². The number of aromatic nitrogens is 1. The summed E-state index contributed by atoms with van der Waals surface area (Å²) in [7, 11) is 0. The van der Waals surface area contributed by atoms with Gasteiger partial charge < -0.3 is 4.57 Å². The topological polar surface area (TPSA) is 4.93 Å². The minimum absolute atomic E-state index is 0.712. The van der Waals surface area contributed by atoms with E-state index in [9.17, 15) is 0 Å². The van der Waals surface area contributed by atoms with E-state index in [1.165, 1.54) is 5.69 Å². The minimum atomic E-state index is 0.712. The lowest BCUT2D eigenvalue weighted by atomic mass is 10.1. The van der Waals surface area contributed by atoms with Crippen LogP contribution in [0.3, 0.4) is 0 Å². The van der Waals surface area contributed by atoms with Crippen LogP contribution in [0, 0.1) is 5.92 Å². The highest BCUT2D eigenvalue weighted by molar-refractivity contribution is 5.24. The molecule has 0 radical (unpaired) electrons. The summed E-state index contributed by atoms with van der Waals surface area (Å²) in [5, 5.41) is 0. The monoisotopic (exact) mass is 149 g/mol. The van der Waals surface area contributed by atoms with Gasteiger partial charge in [-0.15, -0.1) is 0 Å². The first-order chi connectivity index (χ1) is 5.24. The maximum atomic E-state index is 3.73. The van der Waals surface area contributed by atoms with Crippen molar-refractivity contribution in [1.29, 1.82) is 0 Å². The van der Waals surface area contributed by atoms with Crippen LogP contribution in [0.4, 0.5) is 0 Å². The van der Waals surface area contributed by atoms with Crippen LogP contribution >= 0.6 is 0 Å². The van der Waals surface area contributed by atoms with Crippen molar-refractivity contribution < 1.29 is 0 Å². The van der Waals surface area contributed by atoms with Crippen LogP contribution < -0.4 is 0 Å². The van der Waals surface area contributed by atoms with E-state index in [2.05, 4.69) is 37.1 Å². The molecule has 0 atom stereocenters. The van der Waals surface area contributed by atoms with Crippen LogP contribution in [0.2, 0.25) is 0 Å². The van der Waals surface area contributed by atoms with E-state index in [0.717, 1.165) is 6.42 Å². The Morgan fingerprint density at radius 3 is 2.91 bits per heavy atom. The normalized spacial score (nSPS) is 10.5. The second kappa shape index (κ2) is 3.42. The average Bonchev–Trinajstić information content (AvgIpc) is 2.34. The van der Waals surface area contributed by atoms with Crippen molar-refractivity contribution in [2.24, 2.45) is 5.92 Å². The molecule has 0 saturated heterocycles. The molecular weight excluding hydrogens is 134 g/mol. The van der Waals surface area contributed by atoms with E-state index in [-0.39, 0.29) is 0 Å². The largest absolute Gasteiger partial charge is 0.328 e. The zero-order chi connectivity index (χ0) is 8.27. The van der Waals surface area contributed by atoms with Gasteiger partial charge in [-0.2, -0.15) is 0 Å². The van der Waals surface area contributed by atoms with Crippen molar-refractivity contribution in [3.63, 3.8) is 0 Å². The summed E-state index contributed by atoms with van der Waals surface area (Å²) in [6.07, 6.45) is 5.00. The van der Waals surface area contributed by atoms with Crippen LogP contribution in [0.25, 0.3) is 6.20 Å². The fourth-order valence-corrected chi connectivity index (χ4v) is 1.20. The third-order valence-corrected chi connectivity index (χ3v) is 1.68. The molecule has 0 bridgehead atoms. The zero-order valence-electron chi connectivity index (χ0n) is 7.25. The van der Waals surface area contributed by atoms with Crippen LogP contribution in [0.1, 0.15) is 19.5 Å². The van der Waals surface area contributed by atoms with Crippen molar-refractivity contribution in [3.8, 4) is 0 Å². The molecule has 0 unspecified atom stereocenters. The summed E-state index contributed by atoms with van der Waals surface area (Å²) in [4.78, 5) is 0. The predicted octanol–water partition coefficient (Wildman–Crippen LogP) is 2.79. The molecule has 0 saturated carbocycles. The molecule has 1 aromatic rings. The summed E-state index contributed by atoms with van der Waals surface area (Å²) in [6.45, 7) is 8.18. The third kappa shape index (κ3) is 1.97. The Bertz CT molecular complexity index is 233. The standard InChI is InChI=1S/C10H15N/c1-4-11-7-5-6-10(11)8-9(2)3/h4-7,9H,1,8H2,2-3H3. The van der Waals surface area contributed by atoms with E-state index in [0.29, 0.717) is 5.92 Å². The maximum absolute atomic E-state index is 3.73. The SMILES string of the molecule is C=Cn1cccc1CC(C)C. The molecule has 0 amide bonds. The van der Waals surface area contributed by atoms with Crippen LogP contribution in [0.5, 0.6) is 0 Å². The molecule has 1 heteroatoms. The van der Waals surface area contributed by atoms with E-state index >= 15 is 0 Å². The van der Waals surface area contributed by atoms with Gasteiger partial charge in [0.1, 0.15) is 0 Å². The summed E-state index contributed by atoms with van der Waals surface area (Å²) < 4.78 is 2.07. The maximum Gasteiger partial charge on any atom is 0.0223 e. The van der Waals surface area contributed by atoms with Gasteiger partial charge in [-0.05, 0) is 24.5 Å². The van der Waals surface area contributed by atoms with Crippen LogP contribution in [-0.4, -0.2) is 4.57 Å². The molecule has 0 aliphatic carbocycles. The molecule has 1 rings (SSSR count). The van der Waals surface area contributed by atoms with Gasteiger partial charge in [0.05, 0.1) is 0 Å². The number of rotatable bonds is 3. The molecule has 0 N–H and O–H groups in total. The van der Waals surface area contributed by atoms with Crippen LogP contribution in [0.15, 0.2) is 24.9 Å². The van der Waals surface area contributed by atoms with Crippen molar-refractivity contribution in [2.75, 3.05) is 0 Å². The highest BCUT2D eigenvalue weighted by atomic mass is 14.9. The Labute approximate surface area is 68.4 Å². The third-order valence-electron chi connectivity index (χ3n) is 1.68. The van der Waals surface area contributed by atoms with E-state index in [4.69, 9.17) is 0 Å². The van der Waals surface area contributed by atoms with Gasteiger partial charge in [-0.3, -0.25) is 0 Å².